The number of hydrogen-bond acceptors (Lipinski definition) is 5. The zero-order valence-electron chi connectivity index (χ0n) is 2.90. The maximum atomic E-state index is 4.34. The van der Waals surface area contributed by atoms with Gasteiger partial charge in [-0.3, -0.25) is 0 Å². The van der Waals surface area contributed by atoms with Crippen LogP contribution in [0, 0.1) is 0 Å². The molecule has 44 valence electrons. The fourth-order valence-corrected chi connectivity index (χ4v) is 0. The molecule has 0 aromatic rings. The third-order valence-corrected chi connectivity index (χ3v) is 0. The second-order valence-corrected chi connectivity index (χ2v) is 7.25. The summed E-state index contributed by atoms with van der Waals surface area (Å²) in [6.45, 7) is 0. The Kier molecular flexibility index (Phi) is 54.7. The second-order valence-electron chi connectivity index (χ2n) is 0.136. The first kappa shape index (κ1) is 16.3. The fraction of sp³-hybridized carbons (Fsp3) is 0. The first-order valence-electron chi connectivity index (χ1n) is 0.667. The quantitative estimate of drug-likeness (QED) is 0.371. The minimum absolute atomic E-state index is 0. The van der Waals surface area contributed by atoms with Gasteiger partial charge < -0.3 is 13.5 Å². The van der Waals surface area contributed by atoms with Gasteiger partial charge in [-0.1, -0.05) is 0 Å². The van der Waals surface area contributed by atoms with E-state index in [9.17, 15) is 0 Å². The average Bonchev–Trinajstić information content (AvgIpc) is 1.39. The van der Waals surface area contributed by atoms with E-state index in [0.29, 0.717) is 0 Å². The molecule has 0 atom stereocenters. The van der Waals surface area contributed by atoms with E-state index in [0.717, 1.165) is 0 Å². The predicted molar refractivity (Wildman–Crippen MR) is 39.1 cm³/mol. The van der Waals surface area contributed by atoms with Crippen LogP contribution in [0.3, 0.4) is 0 Å². The molecular formula is HMo2S5-. The summed E-state index contributed by atoms with van der Waals surface area (Å²) in [5.74, 6) is 0. The van der Waals surface area contributed by atoms with Gasteiger partial charge in [0.15, 0.2) is 0 Å². The van der Waals surface area contributed by atoms with Crippen molar-refractivity contribution in [2.75, 3.05) is 0 Å². The molecule has 0 aromatic heterocycles. The molecule has 0 nitrogen and oxygen atoms in total. The standard InChI is InChI=1S/2Mo.H2S.4S/h;;1H2;;;;/p-1. The summed E-state index contributed by atoms with van der Waals surface area (Å²) < 4.78 is 0. The zero-order valence-corrected chi connectivity index (χ0v) is 11.1. The Labute approximate surface area is 81.1 Å². The van der Waals surface area contributed by atoms with E-state index in [1.54, 1.807) is 0 Å². The Morgan fingerprint density at radius 3 is 0.714 bits per heavy atom. The number of rotatable bonds is 0. The molecule has 0 saturated carbocycles. The van der Waals surface area contributed by atoms with Crippen molar-refractivity contribution in [1.29, 1.82) is 0 Å². The van der Waals surface area contributed by atoms with Crippen molar-refractivity contribution in [1.82, 2.24) is 0 Å². The molecule has 7 heteroatoms. The van der Waals surface area contributed by atoms with E-state index < -0.39 is 0 Å². The van der Waals surface area contributed by atoms with Crippen molar-refractivity contribution in [3.05, 3.63) is 0 Å². The molecule has 0 rings (SSSR count). The Balaban J connectivity index is -0.0000000400. The Morgan fingerprint density at radius 2 is 0.714 bits per heavy atom. The van der Waals surface area contributed by atoms with Crippen LogP contribution in [0.2, 0.25) is 0 Å². The summed E-state index contributed by atoms with van der Waals surface area (Å²) in [7, 11) is 17.4. The van der Waals surface area contributed by atoms with E-state index in [2.05, 4.69) is 39.3 Å². The summed E-state index contributed by atoms with van der Waals surface area (Å²) in [6, 6.07) is 0. The predicted octanol–water partition coefficient (Wildman–Crippen LogP) is 2.32. The van der Waals surface area contributed by atoms with Crippen LogP contribution in [0.4, 0.5) is 0 Å². The topological polar surface area (TPSA) is 0 Å². The van der Waals surface area contributed by atoms with E-state index in [1.165, 1.54) is 0 Å². The molecule has 0 aromatic carbocycles. The maximum absolute atomic E-state index is 4.34. The summed E-state index contributed by atoms with van der Waals surface area (Å²) in [5.41, 5.74) is 0. The molecule has 0 spiro atoms. The van der Waals surface area contributed by atoms with Crippen molar-refractivity contribution >= 4 is 52.8 Å². The van der Waals surface area contributed by atoms with Gasteiger partial charge in [-0.2, -0.15) is 0 Å². The molecule has 0 aliphatic carbocycles. The fourth-order valence-electron chi connectivity index (χ4n) is 0. The minimum atomic E-state index is -0.363. The van der Waals surface area contributed by atoms with E-state index in [1.807, 2.05) is 0 Å². The van der Waals surface area contributed by atoms with Gasteiger partial charge in [-0.05, 0) is 0 Å². The van der Waals surface area contributed by atoms with Gasteiger partial charge in [0, 0.05) is 0 Å². The summed E-state index contributed by atoms with van der Waals surface area (Å²) in [6.07, 6.45) is 0. The number of hydrogen-bond donors (Lipinski definition) is 0. The summed E-state index contributed by atoms with van der Waals surface area (Å²) in [5, 5.41) is 0. The normalized spacial score (nSPS) is 3.43. The van der Waals surface area contributed by atoms with Gasteiger partial charge in [-0.25, -0.2) is 0 Å². The van der Waals surface area contributed by atoms with Crippen LogP contribution in [0.1, 0.15) is 0 Å². The van der Waals surface area contributed by atoms with Gasteiger partial charge >= 0.3 is 69.1 Å². The molecule has 0 bridgehead atoms. The Morgan fingerprint density at radius 1 is 0.714 bits per heavy atom. The molecular weight excluding hydrogens is 352 g/mol. The van der Waals surface area contributed by atoms with Gasteiger partial charge in [0.05, 0.1) is 0 Å². The van der Waals surface area contributed by atoms with Crippen LogP contribution in [0.25, 0.3) is 0 Å². The van der Waals surface area contributed by atoms with Gasteiger partial charge in [0.1, 0.15) is 0 Å². The van der Waals surface area contributed by atoms with Crippen molar-refractivity contribution in [2.24, 2.45) is 0 Å². The van der Waals surface area contributed by atoms with Crippen molar-refractivity contribution in [2.45, 2.75) is 0 Å². The zero-order chi connectivity index (χ0) is 5.41. The van der Waals surface area contributed by atoms with E-state index in [-0.39, 0.29) is 43.3 Å². The monoisotopic (exact) mass is 357 g/mol. The summed E-state index contributed by atoms with van der Waals surface area (Å²) in [4.78, 5) is 0. The third-order valence-electron chi connectivity index (χ3n) is 0. The van der Waals surface area contributed by atoms with Crippen LogP contribution in [-0.4, -0.2) is 0 Å². The van der Waals surface area contributed by atoms with Gasteiger partial charge in [-0.15, -0.1) is 0 Å². The summed E-state index contributed by atoms with van der Waals surface area (Å²) >= 11 is -0.727. The van der Waals surface area contributed by atoms with E-state index in [4.69, 9.17) is 0 Å². The van der Waals surface area contributed by atoms with Crippen molar-refractivity contribution in [3.8, 4) is 0 Å². The second kappa shape index (κ2) is 23.5. The molecule has 0 amide bonds. The van der Waals surface area contributed by atoms with Crippen molar-refractivity contribution < 1.29 is 29.8 Å². The van der Waals surface area contributed by atoms with Crippen LogP contribution in [0.5, 0.6) is 0 Å². The average molecular weight is 353 g/mol. The molecule has 0 saturated heterocycles. The molecule has 0 aliphatic rings. The van der Waals surface area contributed by atoms with Crippen LogP contribution in [-0.2, 0) is 43.3 Å². The molecule has 0 fully saturated rings. The van der Waals surface area contributed by atoms with Gasteiger partial charge in [0.2, 0.25) is 0 Å². The van der Waals surface area contributed by atoms with Gasteiger partial charge in [0.25, 0.3) is 0 Å². The SMILES string of the molecule is [SH-].[S]=[Mo]=[S].[S]=[Mo]=[S]. The Hall–Kier alpha value is 2.61. The molecule has 0 N–H and O–H groups in total. The molecule has 0 aliphatic heterocycles. The Bertz CT molecular complexity index is 60.1. The number of thiol groups is 1. The molecule has 7 heavy (non-hydrogen) atoms. The van der Waals surface area contributed by atoms with Crippen LogP contribution in [0.15, 0.2) is 0 Å². The van der Waals surface area contributed by atoms with E-state index >= 15 is 0 Å². The van der Waals surface area contributed by atoms with Crippen molar-refractivity contribution in [3.63, 3.8) is 0 Å². The first-order valence-corrected chi connectivity index (χ1v) is 11.8. The molecule has 0 heterocycles. The molecule has 0 radical (unpaired) electrons. The van der Waals surface area contributed by atoms with Crippen LogP contribution >= 0.6 is 39.3 Å². The molecule has 0 unspecified atom stereocenters. The van der Waals surface area contributed by atoms with Crippen LogP contribution < -0.4 is 0 Å². The first-order chi connectivity index (χ1) is 2.83. The third kappa shape index (κ3) is 55.3.